The molecule has 3 rings (SSSR count). The van der Waals surface area contributed by atoms with Crippen molar-refractivity contribution in [1.29, 1.82) is 0 Å². The zero-order valence-electron chi connectivity index (χ0n) is 11.5. The van der Waals surface area contributed by atoms with Crippen molar-refractivity contribution < 1.29 is 14.3 Å². The van der Waals surface area contributed by atoms with Crippen molar-refractivity contribution in [3.05, 3.63) is 58.8 Å². The van der Waals surface area contributed by atoms with Crippen LogP contribution in [0.3, 0.4) is 0 Å². The summed E-state index contributed by atoms with van der Waals surface area (Å²) >= 11 is 0. The Morgan fingerprint density at radius 1 is 1.10 bits per heavy atom. The average Bonchev–Trinajstić information content (AvgIpc) is 2.52. The SMILES string of the molecule is CCOc1ccc(-c2oc3ccccc3c(=O)c2O)cc1. The highest BCUT2D eigenvalue weighted by molar-refractivity contribution is 5.81. The van der Waals surface area contributed by atoms with Gasteiger partial charge in [0, 0.05) is 5.56 Å². The molecule has 0 aliphatic rings. The van der Waals surface area contributed by atoms with E-state index in [9.17, 15) is 9.90 Å². The Bertz CT molecular complexity index is 832. The molecule has 0 fully saturated rings. The first-order valence-corrected chi connectivity index (χ1v) is 6.68. The predicted molar refractivity (Wildman–Crippen MR) is 80.8 cm³/mol. The van der Waals surface area contributed by atoms with Crippen molar-refractivity contribution in [3.63, 3.8) is 0 Å². The normalized spacial score (nSPS) is 10.7. The lowest BCUT2D eigenvalue weighted by atomic mass is 10.1. The molecular weight excluding hydrogens is 268 g/mol. The smallest absolute Gasteiger partial charge is 0.235 e. The number of hydrogen-bond acceptors (Lipinski definition) is 4. The lowest BCUT2D eigenvalue weighted by Crippen LogP contribution is -2.02. The Morgan fingerprint density at radius 2 is 1.81 bits per heavy atom. The third-order valence-corrected chi connectivity index (χ3v) is 3.20. The first kappa shape index (κ1) is 13.2. The van der Waals surface area contributed by atoms with Gasteiger partial charge >= 0.3 is 0 Å². The molecule has 106 valence electrons. The lowest BCUT2D eigenvalue weighted by Gasteiger charge is -2.07. The molecule has 1 heterocycles. The Kier molecular flexibility index (Phi) is 3.36. The number of ether oxygens (including phenoxy) is 1. The number of hydrogen-bond donors (Lipinski definition) is 1. The summed E-state index contributed by atoms with van der Waals surface area (Å²) in [6, 6.07) is 13.9. The number of benzene rings is 2. The predicted octanol–water partition coefficient (Wildman–Crippen LogP) is 3.56. The molecule has 0 amide bonds. The van der Waals surface area contributed by atoms with Crippen molar-refractivity contribution in [3.8, 4) is 22.8 Å². The van der Waals surface area contributed by atoms with Gasteiger partial charge < -0.3 is 14.3 Å². The fraction of sp³-hybridized carbons (Fsp3) is 0.118. The Labute approximate surface area is 121 Å². The number of rotatable bonds is 3. The topological polar surface area (TPSA) is 59.7 Å². The average molecular weight is 282 g/mol. The van der Waals surface area contributed by atoms with Crippen molar-refractivity contribution >= 4 is 11.0 Å². The van der Waals surface area contributed by atoms with Gasteiger partial charge in [0.15, 0.2) is 5.76 Å². The summed E-state index contributed by atoms with van der Waals surface area (Å²) in [6.07, 6.45) is 0. The molecule has 0 aliphatic carbocycles. The molecule has 1 N–H and O–H groups in total. The second kappa shape index (κ2) is 5.32. The van der Waals surface area contributed by atoms with Crippen LogP contribution in [0.15, 0.2) is 57.7 Å². The van der Waals surface area contributed by atoms with E-state index < -0.39 is 5.43 Å². The molecule has 0 bridgehead atoms. The maximum absolute atomic E-state index is 12.2. The van der Waals surface area contributed by atoms with Crippen LogP contribution in [0, 0.1) is 0 Å². The summed E-state index contributed by atoms with van der Waals surface area (Å²) in [5.41, 5.74) is 0.642. The number of aromatic hydroxyl groups is 1. The molecular formula is C17H14O4. The van der Waals surface area contributed by atoms with Crippen LogP contribution in [-0.4, -0.2) is 11.7 Å². The lowest BCUT2D eigenvalue weighted by molar-refractivity contribution is 0.340. The van der Waals surface area contributed by atoms with Gasteiger partial charge in [-0.25, -0.2) is 0 Å². The Balaban J connectivity index is 2.16. The minimum Gasteiger partial charge on any atom is -0.502 e. The highest BCUT2D eigenvalue weighted by Gasteiger charge is 2.14. The van der Waals surface area contributed by atoms with E-state index in [4.69, 9.17) is 9.15 Å². The molecule has 0 saturated carbocycles. The maximum Gasteiger partial charge on any atom is 0.235 e. The molecule has 2 aromatic carbocycles. The van der Waals surface area contributed by atoms with Crippen molar-refractivity contribution in [2.75, 3.05) is 6.61 Å². The number of fused-ring (bicyclic) bond motifs is 1. The highest BCUT2D eigenvalue weighted by Crippen LogP contribution is 2.30. The van der Waals surface area contributed by atoms with Gasteiger partial charge in [-0.15, -0.1) is 0 Å². The molecule has 1 aromatic heterocycles. The summed E-state index contributed by atoms with van der Waals surface area (Å²) in [6.45, 7) is 2.48. The summed E-state index contributed by atoms with van der Waals surface area (Å²) < 4.78 is 11.0. The molecule has 3 aromatic rings. The molecule has 0 atom stereocenters. The highest BCUT2D eigenvalue weighted by atomic mass is 16.5. The zero-order valence-corrected chi connectivity index (χ0v) is 11.5. The van der Waals surface area contributed by atoms with E-state index in [-0.39, 0.29) is 11.5 Å². The largest absolute Gasteiger partial charge is 0.502 e. The fourth-order valence-corrected chi connectivity index (χ4v) is 2.20. The van der Waals surface area contributed by atoms with Gasteiger partial charge in [-0.3, -0.25) is 4.79 Å². The molecule has 0 saturated heterocycles. The third kappa shape index (κ3) is 2.36. The first-order valence-electron chi connectivity index (χ1n) is 6.68. The van der Waals surface area contributed by atoms with E-state index in [1.807, 2.05) is 6.92 Å². The monoisotopic (exact) mass is 282 g/mol. The quantitative estimate of drug-likeness (QED) is 0.798. The van der Waals surface area contributed by atoms with Crippen molar-refractivity contribution in [2.24, 2.45) is 0 Å². The molecule has 0 aliphatic heterocycles. The molecule has 0 spiro atoms. The van der Waals surface area contributed by atoms with E-state index >= 15 is 0 Å². The molecule has 0 unspecified atom stereocenters. The molecule has 4 nitrogen and oxygen atoms in total. The Hall–Kier alpha value is -2.75. The fourth-order valence-electron chi connectivity index (χ4n) is 2.20. The van der Waals surface area contributed by atoms with E-state index in [1.165, 1.54) is 0 Å². The van der Waals surface area contributed by atoms with Gasteiger partial charge in [-0.2, -0.15) is 0 Å². The van der Waals surface area contributed by atoms with Gasteiger partial charge in [0.25, 0.3) is 0 Å². The van der Waals surface area contributed by atoms with Crippen LogP contribution < -0.4 is 10.2 Å². The third-order valence-electron chi connectivity index (χ3n) is 3.20. The minimum absolute atomic E-state index is 0.168. The van der Waals surface area contributed by atoms with E-state index in [0.29, 0.717) is 23.1 Å². The van der Waals surface area contributed by atoms with Gasteiger partial charge in [-0.05, 0) is 43.3 Å². The van der Waals surface area contributed by atoms with Crippen molar-refractivity contribution in [2.45, 2.75) is 6.92 Å². The van der Waals surface area contributed by atoms with E-state index in [1.54, 1.807) is 48.5 Å². The van der Waals surface area contributed by atoms with Gasteiger partial charge in [0.1, 0.15) is 11.3 Å². The Morgan fingerprint density at radius 3 is 2.52 bits per heavy atom. The van der Waals surface area contributed by atoms with Crippen LogP contribution in [-0.2, 0) is 0 Å². The summed E-state index contributed by atoms with van der Waals surface area (Å²) in [4.78, 5) is 12.2. The molecule has 4 heteroatoms. The van der Waals surface area contributed by atoms with E-state index in [0.717, 1.165) is 5.75 Å². The second-order valence-corrected chi connectivity index (χ2v) is 4.56. The van der Waals surface area contributed by atoms with Gasteiger partial charge in [0.2, 0.25) is 11.2 Å². The van der Waals surface area contributed by atoms with Crippen LogP contribution in [0.4, 0.5) is 0 Å². The van der Waals surface area contributed by atoms with Crippen LogP contribution in [0.1, 0.15) is 6.92 Å². The van der Waals surface area contributed by atoms with E-state index in [2.05, 4.69) is 0 Å². The summed E-state index contributed by atoms with van der Waals surface area (Å²) in [5.74, 6) is 0.517. The van der Waals surface area contributed by atoms with Gasteiger partial charge in [-0.1, -0.05) is 12.1 Å². The maximum atomic E-state index is 12.2. The van der Waals surface area contributed by atoms with Crippen molar-refractivity contribution in [1.82, 2.24) is 0 Å². The standard InChI is InChI=1S/C17H14O4/c1-2-20-12-9-7-11(8-10-12)17-16(19)15(18)13-5-3-4-6-14(13)21-17/h3-10,19H,2H2,1H3. The van der Waals surface area contributed by atoms with Crippen LogP contribution in [0.2, 0.25) is 0 Å². The summed E-state index contributed by atoms with van der Waals surface area (Å²) in [7, 11) is 0. The van der Waals surface area contributed by atoms with Crippen LogP contribution >= 0.6 is 0 Å². The van der Waals surface area contributed by atoms with Gasteiger partial charge in [0.05, 0.1) is 12.0 Å². The minimum atomic E-state index is -0.430. The molecule has 0 radical (unpaired) electrons. The van der Waals surface area contributed by atoms with Crippen LogP contribution in [0.5, 0.6) is 11.5 Å². The number of para-hydroxylation sites is 1. The first-order chi connectivity index (χ1) is 10.2. The zero-order chi connectivity index (χ0) is 14.8. The molecule has 21 heavy (non-hydrogen) atoms. The van der Waals surface area contributed by atoms with Crippen LogP contribution in [0.25, 0.3) is 22.3 Å². The summed E-state index contributed by atoms with van der Waals surface area (Å²) in [5, 5.41) is 10.4. The second-order valence-electron chi connectivity index (χ2n) is 4.56.